The van der Waals surface area contributed by atoms with E-state index in [0.29, 0.717) is 11.9 Å². The summed E-state index contributed by atoms with van der Waals surface area (Å²) in [7, 11) is 0. The average molecular weight is 285 g/mol. The van der Waals surface area contributed by atoms with Gasteiger partial charge in [-0.05, 0) is 30.4 Å². The van der Waals surface area contributed by atoms with Crippen molar-refractivity contribution in [3.8, 4) is 0 Å². The number of hydrogen-bond donors (Lipinski definition) is 2. The van der Waals surface area contributed by atoms with Crippen LogP contribution in [0.1, 0.15) is 49.9 Å². The summed E-state index contributed by atoms with van der Waals surface area (Å²) in [6.45, 7) is 8.45. The number of nitrogens with zero attached hydrogens (tertiary/aromatic N) is 1. The van der Waals surface area contributed by atoms with Gasteiger partial charge in [-0.25, -0.2) is 4.98 Å². The van der Waals surface area contributed by atoms with Crippen LogP contribution < -0.4 is 10.9 Å². The van der Waals surface area contributed by atoms with Gasteiger partial charge in [0.25, 0.3) is 5.56 Å². The van der Waals surface area contributed by atoms with E-state index in [-0.39, 0.29) is 5.56 Å². The molecule has 112 valence electrons. The summed E-state index contributed by atoms with van der Waals surface area (Å²) >= 11 is 0. The van der Waals surface area contributed by atoms with Crippen LogP contribution in [0.15, 0.2) is 29.1 Å². The number of aromatic amines is 1. The number of para-hydroxylation sites is 1. The summed E-state index contributed by atoms with van der Waals surface area (Å²) in [6, 6.07) is 7.78. The molecule has 2 rings (SSSR count). The zero-order valence-corrected chi connectivity index (χ0v) is 13.2. The van der Waals surface area contributed by atoms with Crippen LogP contribution in [0, 0.1) is 6.92 Å². The SMILES string of the molecule is CCCc1cc(=O)[nH]c(Nc2c(C)cccc2C(C)C)n1. The quantitative estimate of drug-likeness (QED) is 0.876. The molecule has 0 atom stereocenters. The van der Waals surface area contributed by atoms with Crippen LogP contribution in [0.2, 0.25) is 0 Å². The number of aromatic nitrogens is 2. The van der Waals surface area contributed by atoms with Gasteiger partial charge in [-0.3, -0.25) is 9.78 Å². The first-order valence-corrected chi connectivity index (χ1v) is 7.48. The molecule has 0 unspecified atom stereocenters. The van der Waals surface area contributed by atoms with Crippen LogP contribution in [-0.2, 0) is 6.42 Å². The lowest BCUT2D eigenvalue weighted by atomic mass is 9.98. The fraction of sp³-hybridized carbons (Fsp3) is 0.412. The van der Waals surface area contributed by atoms with Crippen LogP contribution in [0.4, 0.5) is 11.6 Å². The number of hydrogen-bond acceptors (Lipinski definition) is 3. The molecule has 0 saturated carbocycles. The molecule has 0 amide bonds. The van der Waals surface area contributed by atoms with Crippen molar-refractivity contribution in [3.63, 3.8) is 0 Å². The molecule has 0 radical (unpaired) electrons. The van der Waals surface area contributed by atoms with Crippen molar-refractivity contribution < 1.29 is 0 Å². The van der Waals surface area contributed by atoms with Gasteiger partial charge in [-0.2, -0.15) is 0 Å². The molecule has 4 heteroatoms. The van der Waals surface area contributed by atoms with Crippen molar-refractivity contribution in [3.05, 3.63) is 51.4 Å². The lowest BCUT2D eigenvalue weighted by Crippen LogP contribution is -2.13. The normalized spacial score (nSPS) is 10.9. The molecular formula is C17H23N3O. The Morgan fingerprint density at radius 3 is 2.76 bits per heavy atom. The Morgan fingerprint density at radius 1 is 1.33 bits per heavy atom. The predicted molar refractivity (Wildman–Crippen MR) is 87.4 cm³/mol. The van der Waals surface area contributed by atoms with Gasteiger partial charge in [0, 0.05) is 17.4 Å². The maximum atomic E-state index is 11.7. The zero-order valence-electron chi connectivity index (χ0n) is 13.2. The lowest BCUT2D eigenvalue weighted by Gasteiger charge is -2.16. The van der Waals surface area contributed by atoms with E-state index >= 15 is 0 Å². The minimum Gasteiger partial charge on any atom is -0.325 e. The standard InChI is InChI=1S/C17H23N3O/c1-5-7-13-10-15(21)19-17(18-13)20-16-12(4)8-6-9-14(16)11(2)3/h6,8-11H,5,7H2,1-4H3,(H2,18,19,20,21). The molecule has 0 aliphatic rings. The van der Waals surface area contributed by atoms with Gasteiger partial charge in [0.1, 0.15) is 0 Å². The number of benzene rings is 1. The monoisotopic (exact) mass is 285 g/mol. The Kier molecular flexibility index (Phi) is 4.78. The molecule has 0 aliphatic carbocycles. The topological polar surface area (TPSA) is 57.8 Å². The third-order valence-electron chi connectivity index (χ3n) is 3.47. The lowest BCUT2D eigenvalue weighted by molar-refractivity contribution is 0.860. The van der Waals surface area contributed by atoms with Crippen molar-refractivity contribution in [2.45, 2.75) is 46.5 Å². The van der Waals surface area contributed by atoms with E-state index in [9.17, 15) is 4.79 Å². The molecule has 0 aliphatic heterocycles. The van der Waals surface area contributed by atoms with E-state index in [0.717, 1.165) is 29.8 Å². The molecule has 2 N–H and O–H groups in total. The van der Waals surface area contributed by atoms with Gasteiger partial charge in [0.2, 0.25) is 5.95 Å². The Labute approximate surface area is 125 Å². The van der Waals surface area contributed by atoms with E-state index in [4.69, 9.17) is 0 Å². The summed E-state index contributed by atoms with van der Waals surface area (Å²) in [5.41, 5.74) is 4.10. The first-order chi connectivity index (χ1) is 10.0. The molecule has 1 aromatic heterocycles. The Morgan fingerprint density at radius 2 is 2.10 bits per heavy atom. The molecule has 0 spiro atoms. The van der Waals surface area contributed by atoms with E-state index < -0.39 is 0 Å². The minimum absolute atomic E-state index is 0.115. The van der Waals surface area contributed by atoms with Crippen molar-refractivity contribution in [1.29, 1.82) is 0 Å². The summed E-state index contributed by atoms with van der Waals surface area (Å²) in [6.07, 6.45) is 1.78. The first kappa shape index (κ1) is 15.3. The van der Waals surface area contributed by atoms with Crippen molar-refractivity contribution in [2.24, 2.45) is 0 Å². The molecular weight excluding hydrogens is 262 g/mol. The van der Waals surface area contributed by atoms with E-state index in [1.54, 1.807) is 6.07 Å². The maximum Gasteiger partial charge on any atom is 0.252 e. The Bertz CT molecular complexity index is 674. The first-order valence-electron chi connectivity index (χ1n) is 7.48. The summed E-state index contributed by atoms with van der Waals surface area (Å²) in [4.78, 5) is 19.0. The maximum absolute atomic E-state index is 11.7. The van der Waals surface area contributed by atoms with Crippen molar-refractivity contribution >= 4 is 11.6 Å². The van der Waals surface area contributed by atoms with E-state index in [1.165, 1.54) is 5.56 Å². The second kappa shape index (κ2) is 6.57. The number of H-pyrrole nitrogens is 1. The molecule has 1 heterocycles. The third kappa shape index (κ3) is 3.72. The molecule has 2 aromatic rings. The van der Waals surface area contributed by atoms with Gasteiger partial charge in [-0.15, -0.1) is 0 Å². The summed E-state index contributed by atoms with van der Waals surface area (Å²) < 4.78 is 0. The van der Waals surface area contributed by atoms with Crippen LogP contribution in [0.5, 0.6) is 0 Å². The minimum atomic E-state index is -0.115. The number of nitrogens with one attached hydrogen (secondary N) is 2. The largest absolute Gasteiger partial charge is 0.325 e. The van der Waals surface area contributed by atoms with Gasteiger partial charge >= 0.3 is 0 Å². The van der Waals surface area contributed by atoms with Gasteiger partial charge in [0.15, 0.2) is 0 Å². The summed E-state index contributed by atoms with van der Waals surface area (Å²) in [5, 5.41) is 3.30. The smallest absolute Gasteiger partial charge is 0.252 e. The molecule has 0 bridgehead atoms. The number of rotatable bonds is 5. The van der Waals surface area contributed by atoms with E-state index in [1.807, 2.05) is 0 Å². The van der Waals surface area contributed by atoms with Gasteiger partial charge in [0.05, 0.1) is 0 Å². The van der Waals surface area contributed by atoms with Crippen molar-refractivity contribution in [1.82, 2.24) is 9.97 Å². The highest BCUT2D eigenvalue weighted by molar-refractivity contribution is 5.64. The van der Waals surface area contributed by atoms with Gasteiger partial charge in [-0.1, -0.05) is 45.4 Å². The van der Waals surface area contributed by atoms with Crippen LogP contribution >= 0.6 is 0 Å². The zero-order chi connectivity index (χ0) is 15.4. The van der Waals surface area contributed by atoms with Crippen LogP contribution in [0.25, 0.3) is 0 Å². The molecule has 0 saturated heterocycles. The molecule has 4 nitrogen and oxygen atoms in total. The molecule has 21 heavy (non-hydrogen) atoms. The van der Waals surface area contributed by atoms with Gasteiger partial charge < -0.3 is 5.32 Å². The highest BCUT2D eigenvalue weighted by Crippen LogP contribution is 2.29. The number of anilines is 2. The molecule has 0 fully saturated rings. The van der Waals surface area contributed by atoms with Crippen LogP contribution in [-0.4, -0.2) is 9.97 Å². The highest BCUT2D eigenvalue weighted by Gasteiger charge is 2.10. The van der Waals surface area contributed by atoms with E-state index in [2.05, 4.69) is 61.2 Å². The second-order valence-corrected chi connectivity index (χ2v) is 5.65. The Hall–Kier alpha value is -2.10. The van der Waals surface area contributed by atoms with Crippen molar-refractivity contribution in [2.75, 3.05) is 5.32 Å². The van der Waals surface area contributed by atoms with Crippen LogP contribution in [0.3, 0.4) is 0 Å². The Balaban J connectivity index is 2.40. The fourth-order valence-electron chi connectivity index (χ4n) is 2.41. The molecule has 1 aromatic carbocycles. The summed E-state index contributed by atoms with van der Waals surface area (Å²) in [5.74, 6) is 0.917. The number of aryl methyl sites for hydroxylation is 2. The highest BCUT2D eigenvalue weighted by atomic mass is 16.1. The second-order valence-electron chi connectivity index (χ2n) is 5.65. The fourth-order valence-corrected chi connectivity index (χ4v) is 2.41. The third-order valence-corrected chi connectivity index (χ3v) is 3.47. The predicted octanol–water partition coefficient (Wildman–Crippen LogP) is 3.90. The average Bonchev–Trinajstić information content (AvgIpc) is 2.40.